The SMILES string of the molecule is CCOc1cc(CNCC(CC)CC)ccc1OC(F)F. The second kappa shape index (κ2) is 9.55. The van der Waals surface area contributed by atoms with E-state index >= 15 is 0 Å². The van der Waals surface area contributed by atoms with Crippen LogP contribution in [-0.2, 0) is 6.54 Å². The first kappa shape index (κ1) is 17.7. The van der Waals surface area contributed by atoms with E-state index in [2.05, 4.69) is 23.9 Å². The molecule has 0 aliphatic rings. The predicted octanol–water partition coefficient (Wildman–Crippen LogP) is 4.21. The van der Waals surface area contributed by atoms with Crippen molar-refractivity contribution < 1.29 is 18.3 Å². The molecule has 1 aromatic rings. The highest BCUT2D eigenvalue weighted by Crippen LogP contribution is 2.29. The van der Waals surface area contributed by atoms with E-state index < -0.39 is 6.61 Å². The number of hydrogen-bond acceptors (Lipinski definition) is 3. The Balaban J connectivity index is 2.64. The summed E-state index contributed by atoms with van der Waals surface area (Å²) in [5.74, 6) is 1.10. The second-order valence-corrected chi connectivity index (χ2v) is 4.91. The Hall–Kier alpha value is -1.36. The minimum absolute atomic E-state index is 0.0793. The van der Waals surface area contributed by atoms with Crippen LogP contribution in [0.4, 0.5) is 8.78 Å². The number of alkyl halides is 2. The van der Waals surface area contributed by atoms with Gasteiger partial charge in [-0.05, 0) is 37.1 Å². The Kier molecular flexibility index (Phi) is 8.05. The third kappa shape index (κ3) is 6.29. The zero-order valence-corrected chi connectivity index (χ0v) is 13.0. The lowest BCUT2D eigenvalue weighted by Gasteiger charge is -2.15. The van der Waals surface area contributed by atoms with E-state index in [1.165, 1.54) is 6.07 Å². The van der Waals surface area contributed by atoms with E-state index in [1.807, 2.05) is 6.92 Å². The lowest BCUT2D eigenvalue weighted by molar-refractivity contribution is -0.0514. The van der Waals surface area contributed by atoms with Gasteiger partial charge in [-0.25, -0.2) is 0 Å². The van der Waals surface area contributed by atoms with E-state index in [0.29, 0.717) is 24.8 Å². The summed E-state index contributed by atoms with van der Waals surface area (Å²) >= 11 is 0. The number of halogens is 2. The minimum Gasteiger partial charge on any atom is -0.490 e. The zero-order valence-electron chi connectivity index (χ0n) is 13.0. The van der Waals surface area contributed by atoms with Crippen LogP contribution in [0.2, 0.25) is 0 Å². The lowest BCUT2D eigenvalue weighted by atomic mass is 10.0. The molecule has 5 heteroatoms. The van der Waals surface area contributed by atoms with Crippen LogP contribution in [0.15, 0.2) is 18.2 Å². The number of hydrogen-bond donors (Lipinski definition) is 1. The van der Waals surface area contributed by atoms with Gasteiger partial charge < -0.3 is 14.8 Å². The molecule has 1 N–H and O–H groups in total. The molecular formula is C16H25F2NO2. The van der Waals surface area contributed by atoms with Gasteiger partial charge in [-0.3, -0.25) is 0 Å². The highest BCUT2D eigenvalue weighted by atomic mass is 19.3. The molecule has 21 heavy (non-hydrogen) atoms. The van der Waals surface area contributed by atoms with Gasteiger partial charge in [0.2, 0.25) is 0 Å². The molecule has 0 spiro atoms. The maximum absolute atomic E-state index is 12.3. The fraction of sp³-hybridized carbons (Fsp3) is 0.625. The van der Waals surface area contributed by atoms with Crippen molar-refractivity contribution in [1.29, 1.82) is 0 Å². The molecule has 0 aliphatic carbocycles. The van der Waals surface area contributed by atoms with Gasteiger partial charge in [0.05, 0.1) is 6.61 Å². The second-order valence-electron chi connectivity index (χ2n) is 4.91. The average Bonchev–Trinajstić information content (AvgIpc) is 2.46. The molecule has 0 unspecified atom stereocenters. The van der Waals surface area contributed by atoms with Gasteiger partial charge in [-0.1, -0.05) is 32.8 Å². The summed E-state index contributed by atoms with van der Waals surface area (Å²) in [4.78, 5) is 0. The molecule has 0 aliphatic heterocycles. The van der Waals surface area contributed by atoms with Gasteiger partial charge in [0.1, 0.15) is 0 Å². The van der Waals surface area contributed by atoms with E-state index in [0.717, 1.165) is 24.9 Å². The summed E-state index contributed by atoms with van der Waals surface area (Å²) in [7, 11) is 0. The maximum Gasteiger partial charge on any atom is 0.387 e. The molecule has 0 aromatic heterocycles. The maximum atomic E-state index is 12.3. The highest BCUT2D eigenvalue weighted by molar-refractivity contribution is 5.43. The number of nitrogens with one attached hydrogen (secondary N) is 1. The molecule has 0 radical (unpaired) electrons. The summed E-state index contributed by atoms with van der Waals surface area (Å²) in [5, 5.41) is 3.39. The lowest BCUT2D eigenvalue weighted by Crippen LogP contribution is -2.21. The first-order chi connectivity index (χ1) is 10.1. The number of ether oxygens (including phenoxy) is 2. The molecule has 0 saturated carbocycles. The van der Waals surface area contributed by atoms with Crippen molar-refractivity contribution in [3.05, 3.63) is 23.8 Å². The largest absolute Gasteiger partial charge is 0.490 e. The molecule has 0 amide bonds. The van der Waals surface area contributed by atoms with Crippen LogP contribution < -0.4 is 14.8 Å². The van der Waals surface area contributed by atoms with Crippen molar-refractivity contribution >= 4 is 0 Å². The zero-order chi connectivity index (χ0) is 15.7. The van der Waals surface area contributed by atoms with Gasteiger partial charge in [0, 0.05) is 6.54 Å². The van der Waals surface area contributed by atoms with Crippen LogP contribution in [0.5, 0.6) is 11.5 Å². The molecular weight excluding hydrogens is 276 g/mol. The van der Waals surface area contributed by atoms with E-state index in [9.17, 15) is 8.78 Å². The van der Waals surface area contributed by atoms with Gasteiger partial charge in [0.15, 0.2) is 11.5 Å². The first-order valence-corrected chi connectivity index (χ1v) is 7.51. The van der Waals surface area contributed by atoms with E-state index in [-0.39, 0.29) is 5.75 Å². The first-order valence-electron chi connectivity index (χ1n) is 7.51. The van der Waals surface area contributed by atoms with Crippen molar-refractivity contribution in [2.75, 3.05) is 13.2 Å². The van der Waals surface area contributed by atoms with Crippen LogP contribution in [0, 0.1) is 5.92 Å². The van der Waals surface area contributed by atoms with Gasteiger partial charge >= 0.3 is 6.61 Å². The summed E-state index contributed by atoms with van der Waals surface area (Å²) < 4.78 is 34.5. The standard InChI is InChI=1S/C16H25F2NO2/c1-4-12(5-2)10-19-11-13-7-8-14(21-16(17)18)15(9-13)20-6-3/h7-9,12,16,19H,4-6,10-11H2,1-3H3. The minimum atomic E-state index is -2.84. The Labute approximate surface area is 125 Å². The third-order valence-electron chi connectivity index (χ3n) is 3.44. The van der Waals surface area contributed by atoms with Crippen molar-refractivity contribution in [2.45, 2.75) is 46.8 Å². The summed E-state index contributed by atoms with van der Waals surface area (Å²) in [6.45, 7) is 5.37. The number of benzene rings is 1. The Bertz CT molecular complexity index is 409. The Morgan fingerprint density at radius 3 is 2.38 bits per heavy atom. The summed E-state index contributed by atoms with van der Waals surface area (Å²) in [5.41, 5.74) is 0.992. The molecule has 0 saturated heterocycles. The number of rotatable bonds is 10. The molecule has 0 heterocycles. The van der Waals surface area contributed by atoms with Gasteiger partial charge in [-0.15, -0.1) is 0 Å². The molecule has 0 bridgehead atoms. The van der Waals surface area contributed by atoms with Crippen molar-refractivity contribution in [1.82, 2.24) is 5.32 Å². The average molecular weight is 301 g/mol. The summed E-state index contributed by atoms with van der Waals surface area (Å²) in [6, 6.07) is 5.06. The molecule has 0 atom stereocenters. The van der Waals surface area contributed by atoms with Gasteiger partial charge in [0.25, 0.3) is 0 Å². The Morgan fingerprint density at radius 1 is 1.10 bits per heavy atom. The predicted molar refractivity (Wildman–Crippen MR) is 80.0 cm³/mol. The van der Waals surface area contributed by atoms with Crippen molar-refractivity contribution in [2.24, 2.45) is 5.92 Å². The van der Waals surface area contributed by atoms with Crippen LogP contribution in [0.25, 0.3) is 0 Å². The molecule has 0 fully saturated rings. The third-order valence-corrected chi connectivity index (χ3v) is 3.44. The molecule has 120 valence electrons. The van der Waals surface area contributed by atoms with Crippen LogP contribution >= 0.6 is 0 Å². The smallest absolute Gasteiger partial charge is 0.387 e. The quantitative estimate of drug-likeness (QED) is 0.702. The topological polar surface area (TPSA) is 30.5 Å². The summed E-state index contributed by atoms with van der Waals surface area (Å²) in [6.07, 6.45) is 2.30. The monoisotopic (exact) mass is 301 g/mol. The fourth-order valence-electron chi connectivity index (χ4n) is 2.12. The van der Waals surface area contributed by atoms with Crippen LogP contribution in [0.3, 0.4) is 0 Å². The van der Waals surface area contributed by atoms with E-state index in [4.69, 9.17) is 4.74 Å². The van der Waals surface area contributed by atoms with Crippen molar-refractivity contribution in [3.8, 4) is 11.5 Å². The van der Waals surface area contributed by atoms with Crippen LogP contribution in [0.1, 0.15) is 39.2 Å². The van der Waals surface area contributed by atoms with Crippen LogP contribution in [-0.4, -0.2) is 19.8 Å². The van der Waals surface area contributed by atoms with Crippen molar-refractivity contribution in [3.63, 3.8) is 0 Å². The Morgan fingerprint density at radius 2 is 1.81 bits per heavy atom. The molecule has 3 nitrogen and oxygen atoms in total. The van der Waals surface area contributed by atoms with E-state index in [1.54, 1.807) is 12.1 Å². The van der Waals surface area contributed by atoms with Gasteiger partial charge in [-0.2, -0.15) is 8.78 Å². The molecule has 1 aromatic carbocycles. The normalized spacial score (nSPS) is 11.2. The fourth-order valence-corrected chi connectivity index (χ4v) is 2.12. The highest BCUT2D eigenvalue weighted by Gasteiger charge is 2.11. The molecule has 1 rings (SSSR count).